The highest BCUT2D eigenvalue weighted by Gasteiger charge is 2.41. The van der Waals surface area contributed by atoms with Gasteiger partial charge in [-0.1, -0.05) is 29.3 Å². The van der Waals surface area contributed by atoms with Crippen LogP contribution in [0.2, 0.25) is 0 Å². The van der Waals surface area contributed by atoms with Crippen molar-refractivity contribution in [3.05, 3.63) is 28.2 Å². The van der Waals surface area contributed by atoms with Gasteiger partial charge in [-0.25, -0.2) is 0 Å². The number of rotatable bonds is 3. The first-order valence-corrected chi connectivity index (χ1v) is 8.87. The summed E-state index contributed by atoms with van der Waals surface area (Å²) in [5.74, 6) is 1.79. The summed E-state index contributed by atoms with van der Waals surface area (Å²) >= 11 is 3.52. The van der Waals surface area contributed by atoms with E-state index < -0.39 is 0 Å². The molecule has 4 atom stereocenters. The van der Waals surface area contributed by atoms with Gasteiger partial charge in [-0.15, -0.1) is 0 Å². The topological polar surface area (TPSA) is 49.5 Å². The monoisotopic (exact) mass is 352 g/mol. The lowest BCUT2D eigenvalue weighted by Gasteiger charge is -2.30. The summed E-state index contributed by atoms with van der Waals surface area (Å²) < 4.78 is 1.03. The fourth-order valence-electron chi connectivity index (χ4n) is 4.27. The van der Waals surface area contributed by atoms with Crippen molar-refractivity contribution in [2.24, 2.45) is 17.6 Å². The smallest absolute Gasteiger partial charge is 0.120 e. The number of hydrogen-bond acceptors (Lipinski definition) is 3. The SMILES string of the molecule is CCC(c1cc(Br)ccc1O)N1CC2CCCC(N)C2C1. The van der Waals surface area contributed by atoms with E-state index in [1.54, 1.807) is 6.07 Å². The zero-order valence-corrected chi connectivity index (χ0v) is 14.2. The van der Waals surface area contributed by atoms with Crippen LogP contribution < -0.4 is 5.73 Å². The largest absolute Gasteiger partial charge is 0.508 e. The van der Waals surface area contributed by atoms with Gasteiger partial charge in [-0.05, 0) is 49.3 Å². The normalized spacial score (nSPS) is 31.1. The predicted molar refractivity (Wildman–Crippen MR) is 89.2 cm³/mol. The molecule has 1 aliphatic heterocycles. The summed E-state index contributed by atoms with van der Waals surface area (Å²) in [5.41, 5.74) is 7.37. The van der Waals surface area contributed by atoms with E-state index in [9.17, 15) is 5.11 Å². The van der Waals surface area contributed by atoms with Crippen molar-refractivity contribution in [2.75, 3.05) is 13.1 Å². The van der Waals surface area contributed by atoms with Gasteiger partial charge in [-0.2, -0.15) is 0 Å². The fraction of sp³-hybridized carbons (Fsp3) is 0.647. The highest BCUT2D eigenvalue weighted by Crippen LogP contribution is 2.41. The molecule has 0 aromatic heterocycles. The number of hydrogen-bond donors (Lipinski definition) is 2. The summed E-state index contributed by atoms with van der Waals surface area (Å²) in [4.78, 5) is 2.54. The van der Waals surface area contributed by atoms with Crippen LogP contribution in [-0.4, -0.2) is 29.1 Å². The highest BCUT2D eigenvalue weighted by atomic mass is 79.9. The molecule has 116 valence electrons. The maximum absolute atomic E-state index is 10.2. The molecule has 2 fully saturated rings. The fourth-order valence-corrected chi connectivity index (χ4v) is 4.65. The summed E-state index contributed by atoms with van der Waals surface area (Å²) in [5, 5.41) is 10.2. The molecule has 0 bridgehead atoms. The Morgan fingerprint density at radius 2 is 2.19 bits per heavy atom. The van der Waals surface area contributed by atoms with Gasteiger partial charge in [0, 0.05) is 35.2 Å². The second kappa shape index (κ2) is 6.27. The average molecular weight is 353 g/mol. The lowest BCUT2D eigenvalue weighted by atomic mass is 9.78. The Kier molecular flexibility index (Phi) is 4.57. The van der Waals surface area contributed by atoms with Crippen molar-refractivity contribution in [2.45, 2.75) is 44.7 Å². The van der Waals surface area contributed by atoms with E-state index in [4.69, 9.17) is 5.73 Å². The number of phenolic OH excluding ortho intramolecular Hbond substituents is 1. The van der Waals surface area contributed by atoms with Crippen LogP contribution >= 0.6 is 15.9 Å². The van der Waals surface area contributed by atoms with Gasteiger partial charge < -0.3 is 10.8 Å². The minimum absolute atomic E-state index is 0.292. The van der Waals surface area contributed by atoms with E-state index in [1.807, 2.05) is 6.07 Å². The van der Waals surface area contributed by atoms with Crippen molar-refractivity contribution >= 4 is 15.9 Å². The Hall–Kier alpha value is -0.580. The molecule has 3 N–H and O–H groups in total. The number of likely N-dealkylation sites (tertiary alicyclic amines) is 1. The van der Waals surface area contributed by atoms with Crippen LogP contribution in [0.3, 0.4) is 0 Å². The maximum atomic E-state index is 10.2. The third-order valence-corrected chi connectivity index (χ3v) is 5.85. The molecule has 1 aromatic rings. The zero-order valence-electron chi connectivity index (χ0n) is 12.6. The third kappa shape index (κ3) is 2.99. The summed E-state index contributed by atoms with van der Waals surface area (Å²) in [6.45, 7) is 4.41. The lowest BCUT2D eigenvalue weighted by Crippen LogP contribution is -2.38. The van der Waals surface area contributed by atoms with Crippen molar-refractivity contribution in [1.82, 2.24) is 4.90 Å². The second-order valence-corrected chi connectivity index (χ2v) is 7.52. The zero-order chi connectivity index (χ0) is 15.0. The van der Waals surface area contributed by atoms with E-state index in [1.165, 1.54) is 19.3 Å². The van der Waals surface area contributed by atoms with Crippen LogP contribution in [0.25, 0.3) is 0 Å². The molecule has 1 heterocycles. The Morgan fingerprint density at radius 3 is 2.90 bits per heavy atom. The van der Waals surface area contributed by atoms with E-state index in [-0.39, 0.29) is 0 Å². The summed E-state index contributed by atoms with van der Waals surface area (Å²) in [6.07, 6.45) is 4.78. The van der Waals surface area contributed by atoms with E-state index >= 15 is 0 Å². The van der Waals surface area contributed by atoms with Gasteiger partial charge >= 0.3 is 0 Å². The standard InChI is InChI=1S/C17H25BrN2O/c1-2-16(13-8-12(18)6-7-17(13)21)20-9-11-4-3-5-15(19)14(11)10-20/h6-8,11,14-16,21H,2-5,9-10,19H2,1H3. The van der Waals surface area contributed by atoms with Gasteiger partial charge in [0.1, 0.15) is 5.75 Å². The molecule has 4 unspecified atom stereocenters. The van der Waals surface area contributed by atoms with Gasteiger partial charge in [0.25, 0.3) is 0 Å². The van der Waals surface area contributed by atoms with Crippen molar-refractivity contribution < 1.29 is 5.11 Å². The van der Waals surface area contributed by atoms with Crippen molar-refractivity contribution in [1.29, 1.82) is 0 Å². The Morgan fingerprint density at radius 1 is 1.38 bits per heavy atom. The van der Waals surface area contributed by atoms with Gasteiger partial charge in [-0.3, -0.25) is 4.90 Å². The minimum atomic E-state index is 0.292. The summed E-state index contributed by atoms with van der Waals surface area (Å²) in [6, 6.07) is 6.40. The van der Waals surface area contributed by atoms with Crippen molar-refractivity contribution in [3.8, 4) is 5.75 Å². The van der Waals surface area contributed by atoms with Crippen LogP contribution in [-0.2, 0) is 0 Å². The molecule has 0 spiro atoms. The molecule has 3 rings (SSSR count). The molecule has 21 heavy (non-hydrogen) atoms. The predicted octanol–water partition coefficient (Wildman–Crippen LogP) is 3.67. The van der Waals surface area contributed by atoms with Crippen molar-refractivity contribution in [3.63, 3.8) is 0 Å². The number of aromatic hydroxyl groups is 1. The molecule has 1 saturated heterocycles. The van der Waals surface area contributed by atoms with Crippen LogP contribution in [0, 0.1) is 11.8 Å². The first-order chi connectivity index (χ1) is 10.1. The van der Waals surface area contributed by atoms with Gasteiger partial charge in [0.15, 0.2) is 0 Å². The molecule has 3 nitrogen and oxygen atoms in total. The number of nitrogens with zero attached hydrogens (tertiary/aromatic N) is 1. The van der Waals surface area contributed by atoms with E-state index in [0.717, 1.165) is 35.5 Å². The number of halogens is 1. The molecular weight excluding hydrogens is 328 g/mol. The average Bonchev–Trinajstić information content (AvgIpc) is 2.89. The number of nitrogens with two attached hydrogens (primary N) is 1. The second-order valence-electron chi connectivity index (χ2n) is 6.60. The molecule has 0 amide bonds. The molecule has 4 heteroatoms. The van der Waals surface area contributed by atoms with E-state index in [0.29, 0.717) is 23.8 Å². The number of phenols is 1. The minimum Gasteiger partial charge on any atom is -0.508 e. The first kappa shape index (κ1) is 15.3. The Labute approximate surface area is 135 Å². The Balaban J connectivity index is 1.82. The number of fused-ring (bicyclic) bond motifs is 1. The van der Waals surface area contributed by atoms with Gasteiger partial charge in [0.05, 0.1) is 0 Å². The van der Waals surface area contributed by atoms with Crippen LogP contribution in [0.1, 0.15) is 44.2 Å². The molecule has 1 saturated carbocycles. The van der Waals surface area contributed by atoms with Crippen LogP contribution in [0.5, 0.6) is 5.75 Å². The molecular formula is C17H25BrN2O. The molecule has 1 aliphatic carbocycles. The number of benzene rings is 1. The Bertz CT molecular complexity index is 508. The quantitative estimate of drug-likeness (QED) is 0.872. The lowest BCUT2D eigenvalue weighted by molar-refractivity contribution is 0.220. The third-order valence-electron chi connectivity index (χ3n) is 5.36. The van der Waals surface area contributed by atoms with E-state index in [2.05, 4.69) is 33.8 Å². The van der Waals surface area contributed by atoms with Crippen LogP contribution in [0.15, 0.2) is 22.7 Å². The maximum Gasteiger partial charge on any atom is 0.120 e. The van der Waals surface area contributed by atoms with Crippen LogP contribution in [0.4, 0.5) is 0 Å². The molecule has 1 aromatic carbocycles. The molecule has 0 radical (unpaired) electrons. The van der Waals surface area contributed by atoms with Gasteiger partial charge in [0.2, 0.25) is 0 Å². The highest BCUT2D eigenvalue weighted by molar-refractivity contribution is 9.10. The first-order valence-electron chi connectivity index (χ1n) is 8.08. The molecule has 2 aliphatic rings. The summed E-state index contributed by atoms with van der Waals surface area (Å²) in [7, 11) is 0.